The monoisotopic (exact) mass is 814 g/mol. The van der Waals surface area contributed by atoms with E-state index in [-0.39, 0.29) is 49.5 Å². The zero-order valence-corrected chi connectivity index (χ0v) is 32.7. The van der Waals surface area contributed by atoms with Crippen molar-refractivity contribution < 1.29 is 39.4 Å². The SMILES string of the molecule is CC(CO)(NCc1cc(Cl)c(OCC2(OCCCN3CCC(O)(CO)CC3)C=CC=C(c3ccccc3)C2(Cl)Cl)cc1OCc1cncc(C#N)c1)C(=O)O. The van der Waals surface area contributed by atoms with Crippen LogP contribution in [0, 0.1) is 11.3 Å². The number of hydrogen-bond acceptors (Lipinski definition) is 11. The second-order valence-electron chi connectivity index (χ2n) is 14.0. The van der Waals surface area contributed by atoms with E-state index in [2.05, 4.69) is 21.3 Å². The van der Waals surface area contributed by atoms with Gasteiger partial charge in [-0.1, -0.05) is 77.3 Å². The van der Waals surface area contributed by atoms with E-state index >= 15 is 0 Å². The van der Waals surface area contributed by atoms with Crippen LogP contribution in [0.5, 0.6) is 11.5 Å². The van der Waals surface area contributed by atoms with E-state index in [1.54, 1.807) is 30.5 Å². The van der Waals surface area contributed by atoms with Crippen LogP contribution in [0.4, 0.5) is 0 Å². The summed E-state index contributed by atoms with van der Waals surface area (Å²) in [7, 11) is 0. The number of aliphatic hydroxyl groups excluding tert-OH is 2. The van der Waals surface area contributed by atoms with E-state index in [0.717, 1.165) is 5.56 Å². The molecule has 55 heavy (non-hydrogen) atoms. The summed E-state index contributed by atoms with van der Waals surface area (Å²) in [6.07, 6.45) is 10.00. The lowest BCUT2D eigenvalue weighted by atomic mass is 9.85. The van der Waals surface area contributed by atoms with Gasteiger partial charge in [-0.15, -0.1) is 0 Å². The Bertz CT molecular complexity index is 1900. The predicted octanol–water partition coefficient (Wildman–Crippen LogP) is 5.28. The molecule has 15 heteroatoms. The maximum absolute atomic E-state index is 11.9. The largest absolute Gasteiger partial charge is 0.488 e. The molecule has 3 aromatic rings. The Hall–Kier alpha value is -3.74. The van der Waals surface area contributed by atoms with Crippen molar-refractivity contribution in [3.63, 3.8) is 0 Å². The van der Waals surface area contributed by atoms with Gasteiger partial charge >= 0.3 is 5.97 Å². The highest BCUT2D eigenvalue weighted by Gasteiger charge is 2.54. The number of ether oxygens (including phenoxy) is 3. The molecule has 1 fully saturated rings. The van der Waals surface area contributed by atoms with Gasteiger partial charge in [-0.05, 0) is 55.5 Å². The number of aromatic nitrogens is 1. The summed E-state index contributed by atoms with van der Waals surface area (Å²) in [6, 6.07) is 16.3. The number of halogens is 3. The minimum atomic E-state index is -1.65. The van der Waals surface area contributed by atoms with Gasteiger partial charge in [0.15, 0.2) is 9.93 Å². The van der Waals surface area contributed by atoms with Crippen LogP contribution in [0.3, 0.4) is 0 Å². The molecule has 5 N–H and O–H groups in total. The summed E-state index contributed by atoms with van der Waals surface area (Å²) in [5, 5.41) is 51.9. The van der Waals surface area contributed by atoms with E-state index in [0.29, 0.717) is 61.2 Å². The highest BCUT2D eigenvalue weighted by molar-refractivity contribution is 6.55. The van der Waals surface area contributed by atoms with E-state index in [1.165, 1.54) is 13.1 Å². The summed E-state index contributed by atoms with van der Waals surface area (Å²) >= 11 is 21.4. The second-order valence-corrected chi connectivity index (χ2v) is 15.7. The number of aliphatic carboxylic acids is 1. The number of carbonyl (C=O) groups is 1. The average molecular weight is 816 g/mol. The molecule has 1 aliphatic carbocycles. The van der Waals surface area contributed by atoms with E-state index in [9.17, 15) is 30.5 Å². The van der Waals surface area contributed by atoms with Crippen molar-refractivity contribution in [2.45, 2.75) is 60.4 Å². The molecule has 0 saturated carbocycles. The van der Waals surface area contributed by atoms with E-state index < -0.39 is 33.7 Å². The third-order valence-corrected chi connectivity index (χ3v) is 11.3. The molecule has 0 radical (unpaired) electrons. The number of aliphatic hydroxyl groups is 3. The summed E-state index contributed by atoms with van der Waals surface area (Å²) < 4.78 is 17.6. The number of rotatable bonds is 18. The van der Waals surface area contributed by atoms with Gasteiger partial charge in [0.1, 0.15) is 36.3 Å². The number of pyridine rings is 1. The Morgan fingerprint density at radius 3 is 2.51 bits per heavy atom. The molecule has 0 spiro atoms. The molecule has 1 aliphatic heterocycles. The standard InChI is InChI=1S/C40H45Cl3N4O8/c1-37(25-48,36(50)51)46-23-31-18-33(41)35(19-34(31)53-24-29-17-28(20-44)21-45-22-29)54-27-39(55-16-6-13-47-14-11-38(52,26-49)12-15-47)10-5-9-32(40(39,42)43)30-7-3-2-4-8-30/h2-5,7-10,17-19,21-22,46,48-49,52H,6,11-16,23-27H2,1H3,(H,50,51). The zero-order valence-electron chi connectivity index (χ0n) is 30.4. The van der Waals surface area contributed by atoms with Gasteiger partial charge < -0.3 is 39.5 Å². The molecule has 12 nitrogen and oxygen atoms in total. The van der Waals surface area contributed by atoms with Crippen molar-refractivity contribution in [1.29, 1.82) is 5.26 Å². The van der Waals surface area contributed by atoms with Crippen molar-refractivity contribution in [3.05, 3.63) is 106 Å². The quantitative estimate of drug-likeness (QED) is 0.0831. The maximum atomic E-state index is 11.9. The molecule has 2 atom stereocenters. The number of piperidine rings is 1. The van der Waals surface area contributed by atoms with Crippen molar-refractivity contribution in [3.8, 4) is 17.6 Å². The van der Waals surface area contributed by atoms with Gasteiger partial charge in [0.2, 0.25) is 0 Å². The normalized spacial score (nSPS) is 20.2. The minimum absolute atomic E-state index is 0.0105. The number of alkyl halides is 2. The summed E-state index contributed by atoms with van der Waals surface area (Å²) in [5.74, 6) is -0.752. The van der Waals surface area contributed by atoms with Gasteiger partial charge in [-0.2, -0.15) is 5.26 Å². The highest BCUT2D eigenvalue weighted by Crippen LogP contribution is 2.51. The van der Waals surface area contributed by atoms with Crippen LogP contribution >= 0.6 is 34.8 Å². The van der Waals surface area contributed by atoms with Gasteiger partial charge in [0.05, 0.1) is 29.4 Å². The molecular formula is C40H45Cl3N4O8. The zero-order chi connectivity index (χ0) is 39.7. The average Bonchev–Trinajstić information content (AvgIpc) is 3.19. The minimum Gasteiger partial charge on any atom is -0.488 e. The van der Waals surface area contributed by atoms with Crippen LogP contribution in [0.1, 0.15) is 48.4 Å². The van der Waals surface area contributed by atoms with Gasteiger partial charge in [-0.3, -0.25) is 15.1 Å². The Morgan fingerprint density at radius 1 is 1.09 bits per heavy atom. The Balaban J connectivity index is 1.40. The van der Waals surface area contributed by atoms with Crippen molar-refractivity contribution in [1.82, 2.24) is 15.2 Å². The number of carboxylic acids is 1. The van der Waals surface area contributed by atoms with Crippen molar-refractivity contribution >= 4 is 46.3 Å². The lowest BCUT2D eigenvalue weighted by Gasteiger charge is -2.44. The molecule has 294 valence electrons. The molecule has 0 amide bonds. The Labute approximate surface area is 335 Å². The third kappa shape index (κ3) is 10.2. The number of likely N-dealkylation sites (tertiary alicyclic amines) is 1. The van der Waals surface area contributed by atoms with Gasteiger partial charge in [0.25, 0.3) is 0 Å². The molecule has 1 saturated heterocycles. The summed E-state index contributed by atoms with van der Waals surface area (Å²) in [5.41, 5.74) is -1.25. The number of nitrogens with zero attached hydrogens (tertiary/aromatic N) is 3. The first-order valence-electron chi connectivity index (χ1n) is 17.8. The molecular weight excluding hydrogens is 771 g/mol. The lowest BCUT2D eigenvalue weighted by molar-refractivity contribution is -0.145. The maximum Gasteiger partial charge on any atom is 0.326 e. The van der Waals surface area contributed by atoms with E-state index in [4.69, 9.17) is 49.0 Å². The smallest absolute Gasteiger partial charge is 0.326 e. The van der Waals surface area contributed by atoms with Gasteiger partial charge in [-0.25, -0.2) is 0 Å². The predicted molar refractivity (Wildman–Crippen MR) is 209 cm³/mol. The fourth-order valence-electron chi connectivity index (χ4n) is 6.27. The lowest BCUT2D eigenvalue weighted by Crippen LogP contribution is -2.54. The van der Waals surface area contributed by atoms with Crippen LogP contribution in [0.25, 0.3) is 5.57 Å². The van der Waals surface area contributed by atoms with Crippen LogP contribution < -0.4 is 14.8 Å². The first kappa shape index (κ1) is 42.4. The van der Waals surface area contributed by atoms with Crippen LogP contribution in [-0.2, 0) is 22.7 Å². The van der Waals surface area contributed by atoms with Crippen molar-refractivity contribution in [2.24, 2.45) is 0 Å². The molecule has 0 bridgehead atoms. The fourth-order valence-corrected chi connectivity index (χ4v) is 7.20. The van der Waals surface area contributed by atoms with Crippen LogP contribution in [0.15, 0.2) is 79.2 Å². The molecule has 2 heterocycles. The molecule has 2 aliphatic rings. The van der Waals surface area contributed by atoms with Crippen LogP contribution in [-0.4, -0.2) is 103 Å². The second kappa shape index (κ2) is 18.5. The molecule has 2 aromatic carbocycles. The number of hydrogen-bond donors (Lipinski definition) is 5. The number of allylic oxidation sites excluding steroid dienone is 2. The summed E-state index contributed by atoms with van der Waals surface area (Å²) in [6.45, 7) is 2.45. The number of nitrogens with one attached hydrogen (secondary N) is 1. The topological polar surface area (TPSA) is 178 Å². The van der Waals surface area contributed by atoms with Crippen molar-refractivity contribution in [2.75, 3.05) is 46.1 Å². The summed E-state index contributed by atoms with van der Waals surface area (Å²) in [4.78, 5) is 18.2. The third-order valence-electron chi connectivity index (χ3n) is 9.97. The Morgan fingerprint density at radius 2 is 1.84 bits per heavy atom. The number of carboxylic acid groups (broad SMARTS) is 1. The highest BCUT2D eigenvalue weighted by atomic mass is 35.5. The molecule has 2 unspecified atom stereocenters. The fraction of sp³-hybridized carbons (Fsp3) is 0.425. The first-order valence-corrected chi connectivity index (χ1v) is 18.9. The molecule has 1 aromatic heterocycles. The molecule has 5 rings (SSSR count). The number of benzene rings is 2. The van der Waals surface area contributed by atoms with Crippen LogP contribution in [0.2, 0.25) is 5.02 Å². The van der Waals surface area contributed by atoms with Gasteiger partial charge in [0, 0.05) is 62.4 Å². The Kier molecular flexibility index (Phi) is 14.2. The van der Waals surface area contributed by atoms with E-state index in [1.807, 2.05) is 42.5 Å². The first-order chi connectivity index (χ1) is 26.3. The number of nitriles is 1.